The topological polar surface area (TPSA) is 150 Å². The van der Waals surface area contributed by atoms with Gasteiger partial charge in [-0.25, -0.2) is 18.1 Å². The Labute approximate surface area is 197 Å². The van der Waals surface area contributed by atoms with Gasteiger partial charge in [0.2, 0.25) is 21.8 Å². The summed E-state index contributed by atoms with van der Waals surface area (Å²) in [6.45, 7) is 0.560. The predicted molar refractivity (Wildman–Crippen MR) is 127 cm³/mol. The summed E-state index contributed by atoms with van der Waals surface area (Å²) in [7, 11) is -3.69. The van der Waals surface area contributed by atoms with Crippen molar-refractivity contribution >= 4 is 27.8 Å². The summed E-state index contributed by atoms with van der Waals surface area (Å²) in [5.41, 5.74) is 8.24. The molecule has 2 aromatic carbocycles. The number of rotatable bonds is 8. The van der Waals surface area contributed by atoms with Gasteiger partial charge < -0.3 is 20.9 Å². The van der Waals surface area contributed by atoms with Crippen LogP contribution in [0.25, 0.3) is 11.3 Å². The van der Waals surface area contributed by atoms with Crippen molar-refractivity contribution in [3.05, 3.63) is 66.4 Å². The molecule has 1 fully saturated rings. The van der Waals surface area contributed by atoms with E-state index in [0.717, 1.165) is 16.8 Å². The molecule has 1 unspecified atom stereocenters. The van der Waals surface area contributed by atoms with Crippen molar-refractivity contribution in [3.8, 4) is 11.3 Å². The molecule has 178 valence electrons. The van der Waals surface area contributed by atoms with Crippen LogP contribution < -0.4 is 15.8 Å². The van der Waals surface area contributed by atoms with Crippen molar-refractivity contribution in [2.75, 3.05) is 18.8 Å². The molecule has 10 nitrogen and oxygen atoms in total. The molecule has 0 bridgehead atoms. The van der Waals surface area contributed by atoms with Crippen LogP contribution in [0, 0.1) is 0 Å². The minimum Gasteiger partial charge on any atom is -0.369 e. The third-order valence-electron chi connectivity index (χ3n) is 5.58. The number of anilines is 1. The van der Waals surface area contributed by atoms with Crippen LogP contribution in [0.2, 0.25) is 0 Å². The second kappa shape index (κ2) is 10.1. The molecule has 2 amide bonds. The molecule has 1 aliphatic heterocycles. The fourth-order valence-electron chi connectivity index (χ4n) is 3.75. The average Bonchev–Trinajstić information content (AvgIpc) is 3.26. The predicted octanol–water partition coefficient (Wildman–Crippen LogP) is 1.24. The quantitative estimate of drug-likeness (QED) is 0.379. The minimum absolute atomic E-state index is 0.0128. The Bertz CT molecular complexity index is 1260. The van der Waals surface area contributed by atoms with Gasteiger partial charge in [0, 0.05) is 25.6 Å². The summed E-state index contributed by atoms with van der Waals surface area (Å²) in [6, 6.07) is 15.1. The SMILES string of the molecule is Nc1ncc(-c2ccc(CNC(=O)CN3CCC(NS(=O)(=O)c4ccccc4)CC3=O)cc2)[nH]1. The van der Waals surface area contributed by atoms with Crippen LogP contribution in [0.4, 0.5) is 5.95 Å². The zero-order valence-corrected chi connectivity index (χ0v) is 19.2. The number of nitrogens with two attached hydrogens (primary N) is 1. The number of aromatic amines is 1. The van der Waals surface area contributed by atoms with Crippen LogP contribution in [-0.2, 0) is 26.2 Å². The van der Waals surface area contributed by atoms with E-state index in [4.69, 9.17) is 5.73 Å². The molecule has 5 N–H and O–H groups in total. The van der Waals surface area contributed by atoms with E-state index in [1.165, 1.54) is 17.0 Å². The number of nitrogens with one attached hydrogen (secondary N) is 3. The standard InChI is InChI=1S/C23H26N6O4S/c24-23-26-14-20(27-23)17-8-6-16(7-9-17)13-25-21(30)15-29-11-10-18(12-22(29)31)28-34(32,33)19-4-2-1-3-5-19/h1-9,14,18,28H,10-13,15H2,(H,25,30)(H3,24,26,27). The number of nitrogen functional groups attached to an aromatic ring is 1. The Morgan fingerprint density at radius 3 is 2.53 bits per heavy atom. The number of amides is 2. The van der Waals surface area contributed by atoms with Crippen molar-refractivity contribution in [2.24, 2.45) is 0 Å². The first-order chi connectivity index (χ1) is 16.3. The third kappa shape index (κ3) is 5.80. The molecule has 0 radical (unpaired) electrons. The number of hydrogen-bond donors (Lipinski definition) is 4. The maximum absolute atomic E-state index is 12.5. The number of nitrogens with zero attached hydrogens (tertiary/aromatic N) is 2. The maximum Gasteiger partial charge on any atom is 0.240 e. The summed E-state index contributed by atoms with van der Waals surface area (Å²) < 4.78 is 27.5. The van der Waals surface area contributed by atoms with Gasteiger partial charge in [0.15, 0.2) is 5.95 Å². The minimum atomic E-state index is -3.69. The number of aromatic nitrogens is 2. The Hall–Kier alpha value is -3.70. The maximum atomic E-state index is 12.5. The van der Waals surface area contributed by atoms with Gasteiger partial charge in [-0.05, 0) is 29.7 Å². The summed E-state index contributed by atoms with van der Waals surface area (Å²) in [6.07, 6.45) is 2.10. The molecule has 0 saturated carbocycles. The van der Waals surface area contributed by atoms with Gasteiger partial charge in [-0.15, -0.1) is 0 Å². The van der Waals surface area contributed by atoms with Crippen LogP contribution >= 0.6 is 0 Å². The van der Waals surface area contributed by atoms with E-state index >= 15 is 0 Å². The molecule has 1 aromatic heterocycles. The van der Waals surface area contributed by atoms with Crippen LogP contribution in [-0.4, -0.2) is 54.2 Å². The van der Waals surface area contributed by atoms with Gasteiger partial charge in [0.1, 0.15) is 0 Å². The first-order valence-corrected chi connectivity index (χ1v) is 12.3. The number of imidazole rings is 1. The molecule has 0 aliphatic carbocycles. The van der Waals surface area contributed by atoms with Gasteiger partial charge in [0.05, 0.1) is 23.3 Å². The number of hydrogen-bond acceptors (Lipinski definition) is 6. The summed E-state index contributed by atoms with van der Waals surface area (Å²) >= 11 is 0. The second-order valence-electron chi connectivity index (χ2n) is 8.10. The highest BCUT2D eigenvalue weighted by molar-refractivity contribution is 7.89. The highest BCUT2D eigenvalue weighted by Crippen LogP contribution is 2.18. The zero-order chi connectivity index (χ0) is 24.1. The lowest BCUT2D eigenvalue weighted by Crippen LogP contribution is -2.50. The van der Waals surface area contributed by atoms with E-state index in [0.29, 0.717) is 25.5 Å². The van der Waals surface area contributed by atoms with Crippen LogP contribution in [0.3, 0.4) is 0 Å². The van der Waals surface area contributed by atoms with E-state index in [9.17, 15) is 18.0 Å². The smallest absolute Gasteiger partial charge is 0.240 e. The van der Waals surface area contributed by atoms with Gasteiger partial charge in [-0.2, -0.15) is 0 Å². The van der Waals surface area contributed by atoms with E-state index in [1.807, 2.05) is 24.3 Å². The molecule has 1 saturated heterocycles. The first kappa shape index (κ1) is 23.5. The lowest BCUT2D eigenvalue weighted by atomic mass is 10.1. The Kier molecular flexibility index (Phi) is 6.94. The van der Waals surface area contributed by atoms with Gasteiger partial charge >= 0.3 is 0 Å². The van der Waals surface area contributed by atoms with Gasteiger partial charge in [-0.3, -0.25) is 9.59 Å². The molecule has 0 spiro atoms. The lowest BCUT2D eigenvalue weighted by Gasteiger charge is -2.31. The Morgan fingerprint density at radius 2 is 1.88 bits per heavy atom. The third-order valence-corrected chi connectivity index (χ3v) is 7.12. The summed E-state index contributed by atoms with van der Waals surface area (Å²) in [5, 5.41) is 2.82. The number of likely N-dealkylation sites (tertiary alicyclic amines) is 1. The van der Waals surface area contributed by atoms with Crippen molar-refractivity contribution in [1.82, 2.24) is 24.9 Å². The van der Waals surface area contributed by atoms with Crippen LogP contribution in [0.15, 0.2) is 65.7 Å². The van der Waals surface area contributed by atoms with Crippen molar-refractivity contribution in [2.45, 2.75) is 30.3 Å². The number of H-pyrrole nitrogens is 1. The fourth-order valence-corrected chi connectivity index (χ4v) is 5.04. The molecular weight excluding hydrogens is 456 g/mol. The van der Waals surface area contributed by atoms with E-state index in [-0.39, 0.29) is 29.7 Å². The van der Waals surface area contributed by atoms with Gasteiger partial charge in [-0.1, -0.05) is 42.5 Å². The van der Waals surface area contributed by atoms with Crippen molar-refractivity contribution in [3.63, 3.8) is 0 Å². The van der Waals surface area contributed by atoms with E-state index in [2.05, 4.69) is 20.0 Å². The average molecular weight is 483 g/mol. The first-order valence-electron chi connectivity index (χ1n) is 10.8. The summed E-state index contributed by atoms with van der Waals surface area (Å²) in [4.78, 5) is 33.4. The molecule has 34 heavy (non-hydrogen) atoms. The normalized spacial score (nSPS) is 16.4. The van der Waals surface area contributed by atoms with Crippen molar-refractivity contribution in [1.29, 1.82) is 0 Å². The molecule has 3 aromatic rings. The summed E-state index contributed by atoms with van der Waals surface area (Å²) in [5.74, 6) is -0.189. The fraction of sp³-hybridized carbons (Fsp3) is 0.261. The number of carbonyl (C=O) groups excluding carboxylic acids is 2. The highest BCUT2D eigenvalue weighted by Gasteiger charge is 2.30. The van der Waals surface area contributed by atoms with Crippen molar-refractivity contribution < 1.29 is 18.0 Å². The molecule has 1 atom stereocenters. The van der Waals surface area contributed by atoms with Gasteiger partial charge in [0.25, 0.3) is 0 Å². The molecule has 2 heterocycles. The van der Waals surface area contributed by atoms with Crippen LogP contribution in [0.5, 0.6) is 0 Å². The number of sulfonamides is 1. The lowest BCUT2D eigenvalue weighted by molar-refractivity contribution is -0.138. The highest BCUT2D eigenvalue weighted by atomic mass is 32.2. The molecule has 1 aliphatic rings. The molecule has 4 rings (SSSR count). The number of piperidine rings is 1. The monoisotopic (exact) mass is 482 g/mol. The Morgan fingerprint density at radius 1 is 1.15 bits per heavy atom. The number of benzene rings is 2. The number of carbonyl (C=O) groups is 2. The molecular formula is C23H26N6O4S. The zero-order valence-electron chi connectivity index (χ0n) is 18.4. The largest absolute Gasteiger partial charge is 0.369 e. The molecule has 11 heteroatoms. The van der Waals surface area contributed by atoms with E-state index < -0.39 is 16.1 Å². The Balaban J connectivity index is 1.24. The second-order valence-corrected chi connectivity index (χ2v) is 9.81. The van der Waals surface area contributed by atoms with Crippen LogP contribution in [0.1, 0.15) is 18.4 Å². The van der Waals surface area contributed by atoms with E-state index in [1.54, 1.807) is 24.4 Å².